The van der Waals surface area contributed by atoms with Gasteiger partial charge in [0.2, 0.25) is 0 Å². The molecular weight excluding hydrogens is 1030 g/mol. The maximum absolute atomic E-state index is 13.5. The van der Waals surface area contributed by atoms with Crippen molar-refractivity contribution >= 4 is 43.2 Å². The van der Waals surface area contributed by atoms with Crippen molar-refractivity contribution in [2.75, 3.05) is 26.4 Å². The lowest BCUT2D eigenvalue weighted by Crippen LogP contribution is -2.65. The van der Waals surface area contributed by atoms with Crippen LogP contribution in [0.25, 0.3) is 0 Å². The SMILES string of the molecule is CCCCCCCCCCCCCCCC(=O)O[C@H](COP(=O)(O)OCCN)[C@@H](COP(=O)(O)O[C@@H]1[C@H](O)[C@H](O)[C@@H](OP(=O)(O)O)[C@H](OP(=O)(O)O)[C@H]1O)OC(=O)CCCCCCCCCCCCCCC. The minimum Gasteiger partial charge on any atom is -0.456 e. The summed E-state index contributed by atoms with van der Waals surface area (Å²) >= 11 is 0. The number of hydrogen-bond donors (Lipinski definition) is 10. The highest BCUT2D eigenvalue weighted by molar-refractivity contribution is 7.47. The van der Waals surface area contributed by atoms with Crippen LogP contribution in [0.4, 0.5) is 0 Å². The van der Waals surface area contributed by atoms with Crippen LogP contribution in [-0.2, 0) is 64.5 Å². The molecule has 0 saturated heterocycles. The van der Waals surface area contributed by atoms with Crippen LogP contribution in [0.3, 0.4) is 0 Å². The Labute approximate surface area is 425 Å². The summed E-state index contributed by atoms with van der Waals surface area (Å²) in [5.41, 5.74) is 5.39. The molecule has 0 aromatic rings. The number of nitrogens with two attached hydrogens (primary N) is 1. The van der Waals surface area contributed by atoms with Gasteiger partial charge in [0.25, 0.3) is 0 Å². The molecule has 1 rings (SSSR count). The second-order valence-corrected chi connectivity index (χ2v) is 23.6. The van der Waals surface area contributed by atoms with Crippen LogP contribution in [0.15, 0.2) is 0 Å². The number of phosphoric acid groups is 4. The van der Waals surface area contributed by atoms with Gasteiger partial charge in [0, 0.05) is 19.4 Å². The van der Waals surface area contributed by atoms with Gasteiger partial charge in [0.1, 0.15) is 36.6 Å². The third-order valence-electron chi connectivity index (χ3n) is 11.9. The van der Waals surface area contributed by atoms with E-state index in [0.29, 0.717) is 25.7 Å². The van der Waals surface area contributed by atoms with Crippen molar-refractivity contribution in [3.8, 4) is 0 Å². The number of ether oxygens (including phenoxy) is 2. The molecule has 28 heteroatoms. The molecule has 0 spiro atoms. The number of aliphatic hydroxyl groups is 3. The summed E-state index contributed by atoms with van der Waals surface area (Å²) < 4.78 is 89.2. The molecule has 428 valence electrons. The van der Waals surface area contributed by atoms with Crippen molar-refractivity contribution in [3.05, 3.63) is 0 Å². The van der Waals surface area contributed by atoms with E-state index in [0.717, 1.165) is 64.2 Å². The first-order valence-electron chi connectivity index (χ1n) is 25.8. The fraction of sp³-hybridized carbons (Fsp3) is 0.955. The molecule has 72 heavy (non-hydrogen) atoms. The molecule has 24 nitrogen and oxygen atoms in total. The van der Waals surface area contributed by atoms with E-state index in [1.54, 1.807) is 0 Å². The summed E-state index contributed by atoms with van der Waals surface area (Å²) in [6, 6.07) is 0. The maximum atomic E-state index is 13.5. The molecule has 0 aromatic heterocycles. The minimum absolute atomic E-state index is 0.152. The Morgan fingerprint density at radius 1 is 0.431 bits per heavy atom. The number of carbonyl (C=O) groups is 2. The predicted octanol–water partition coefficient (Wildman–Crippen LogP) is 7.42. The van der Waals surface area contributed by atoms with Gasteiger partial charge in [-0.25, -0.2) is 18.3 Å². The molecule has 0 aromatic carbocycles. The van der Waals surface area contributed by atoms with E-state index < -0.39 is 112 Å². The summed E-state index contributed by atoms with van der Waals surface area (Å²) in [7, 11) is -21.9. The molecule has 1 saturated carbocycles. The lowest BCUT2D eigenvalue weighted by molar-refractivity contribution is -0.213. The van der Waals surface area contributed by atoms with Crippen molar-refractivity contribution in [2.45, 2.75) is 242 Å². The van der Waals surface area contributed by atoms with Crippen LogP contribution in [-0.4, -0.2) is 132 Å². The van der Waals surface area contributed by atoms with Crippen LogP contribution in [0.2, 0.25) is 0 Å². The fourth-order valence-corrected chi connectivity index (χ4v) is 10.9. The minimum atomic E-state index is -5.72. The Bertz CT molecular complexity index is 1640. The van der Waals surface area contributed by atoms with Crippen molar-refractivity contribution in [1.82, 2.24) is 0 Å². The summed E-state index contributed by atoms with van der Waals surface area (Å²) in [6.07, 6.45) is 7.33. The van der Waals surface area contributed by atoms with E-state index in [2.05, 4.69) is 22.9 Å². The molecule has 0 heterocycles. The number of phosphoric ester groups is 4. The van der Waals surface area contributed by atoms with E-state index in [1.165, 1.54) is 77.0 Å². The molecule has 11 N–H and O–H groups in total. The highest BCUT2D eigenvalue weighted by Gasteiger charge is 2.56. The number of aliphatic hydroxyl groups excluding tert-OH is 3. The summed E-state index contributed by atoms with van der Waals surface area (Å²) in [4.78, 5) is 85.2. The Morgan fingerprint density at radius 2 is 0.736 bits per heavy atom. The van der Waals surface area contributed by atoms with Crippen molar-refractivity contribution in [3.63, 3.8) is 0 Å². The molecule has 0 radical (unpaired) electrons. The molecule has 1 aliphatic rings. The van der Waals surface area contributed by atoms with E-state index >= 15 is 0 Å². The average Bonchev–Trinajstić information content (AvgIpc) is 3.30. The fourth-order valence-electron chi connectivity index (χ4n) is 8.04. The zero-order valence-electron chi connectivity index (χ0n) is 42.4. The van der Waals surface area contributed by atoms with Crippen molar-refractivity contribution in [2.24, 2.45) is 5.73 Å². The Kier molecular flexibility index (Phi) is 37.2. The van der Waals surface area contributed by atoms with Gasteiger partial charge in [0.05, 0.1) is 19.8 Å². The van der Waals surface area contributed by atoms with E-state index in [-0.39, 0.29) is 19.4 Å². The Morgan fingerprint density at radius 3 is 1.07 bits per heavy atom. The highest BCUT2D eigenvalue weighted by Crippen LogP contribution is 2.51. The van der Waals surface area contributed by atoms with Gasteiger partial charge in [0.15, 0.2) is 12.2 Å². The normalized spacial score (nSPS) is 22.2. The van der Waals surface area contributed by atoms with Gasteiger partial charge in [-0.15, -0.1) is 0 Å². The molecule has 1 aliphatic carbocycles. The molecule has 1 fully saturated rings. The van der Waals surface area contributed by atoms with Crippen molar-refractivity contribution in [1.29, 1.82) is 0 Å². The van der Waals surface area contributed by atoms with Gasteiger partial charge in [-0.1, -0.05) is 168 Å². The third-order valence-corrected chi connectivity index (χ3v) is 14.9. The third kappa shape index (κ3) is 34.1. The quantitative estimate of drug-likeness (QED) is 0.0161. The Balaban J connectivity index is 3.20. The van der Waals surface area contributed by atoms with Gasteiger partial charge in [-0.05, 0) is 12.8 Å². The molecule has 0 aliphatic heterocycles. The van der Waals surface area contributed by atoms with E-state index in [4.69, 9.17) is 33.3 Å². The van der Waals surface area contributed by atoms with Crippen molar-refractivity contribution < 1.29 is 109 Å². The molecular formula is C44H89NO23P4. The smallest absolute Gasteiger partial charge is 0.456 e. The van der Waals surface area contributed by atoms with Gasteiger partial charge in [-0.2, -0.15) is 0 Å². The number of unbranched alkanes of at least 4 members (excludes halogenated alkanes) is 24. The molecule has 2 unspecified atom stereocenters. The van der Waals surface area contributed by atoms with Gasteiger partial charge in [-0.3, -0.25) is 36.7 Å². The summed E-state index contributed by atoms with van der Waals surface area (Å²) in [6.45, 7) is 1.53. The zero-order valence-corrected chi connectivity index (χ0v) is 45.9. The lowest BCUT2D eigenvalue weighted by Gasteiger charge is -2.44. The van der Waals surface area contributed by atoms with Crippen LogP contribution in [0.5, 0.6) is 0 Å². The number of rotatable bonds is 46. The first-order valence-corrected chi connectivity index (χ1v) is 31.9. The average molecular weight is 1120 g/mol. The standard InChI is InChI=1S/C44H89NO23P4/c1-3-5-7-9-11-13-15-17-19-21-23-25-27-29-37(46)64-35(33-62-71(57,58)61-32-31-45)36(65-38(47)30-28-26-24-22-20-18-16-14-12-10-8-6-4-2)34-63-72(59,60)68-42-39(48)40(49)43(66-69(51,52)53)44(41(42)50)67-70(54,55)56/h35-36,39-44,48-50H,3-34,45H2,1-2H3,(H,57,58)(H,59,60)(H2,51,52,53)(H2,54,55,56)/t35-,36-,39-,40+,41+,42-,43-,44-/m1/s1. The highest BCUT2D eigenvalue weighted by atomic mass is 31.2. The molecule has 10 atom stereocenters. The molecule has 0 bridgehead atoms. The lowest BCUT2D eigenvalue weighted by atomic mass is 9.85. The number of hydrogen-bond acceptors (Lipinski definition) is 18. The Hall–Kier alpha value is -0.780. The second kappa shape index (κ2) is 38.7. The van der Waals surface area contributed by atoms with Crippen LogP contribution >= 0.6 is 31.3 Å². The summed E-state index contributed by atoms with van der Waals surface area (Å²) in [5, 5.41) is 32.3. The predicted molar refractivity (Wildman–Crippen MR) is 264 cm³/mol. The maximum Gasteiger partial charge on any atom is 0.472 e. The van der Waals surface area contributed by atoms with E-state index in [9.17, 15) is 72.5 Å². The van der Waals surface area contributed by atoms with Gasteiger partial charge >= 0.3 is 43.2 Å². The second-order valence-electron chi connectivity index (χ2n) is 18.4. The van der Waals surface area contributed by atoms with Gasteiger partial charge < -0.3 is 59.9 Å². The largest absolute Gasteiger partial charge is 0.472 e. The first-order chi connectivity index (χ1) is 34.0. The van der Waals surface area contributed by atoms with Crippen LogP contribution in [0, 0.1) is 0 Å². The summed E-state index contributed by atoms with van der Waals surface area (Å²) in [5.74, 6) is -1.77. The number of esters is 2. The monoisotopic (exact) mass is 1120 g/mol. The zero-order chi connectivity index (χ0) is 54.1. The first kappa shape index (κ1) is 69.2. The molecule has 0 amide bonds. The van der Waals surface area contributed by atoms with E-state index in [1.807, 2.05) is 0 Å². The van der Waals surface area contributed by atoms with Crippen LogP contribution in [0.1, 0.15) is 194 Å². The number of carbonyl (C=O) groups excluding carboxylic acids is 2. The van der Waals surface area contributed by atoms with Crippen LogP contribution < -0.4 is 5.73 Å². The topological polar surface area (TPSA) is 384 Å².